The van der Waals surface area contributed by atoms with Crippen LogP contribution in [0.25, 0.3) is 0 Å². The van der Waals surface area contributed by atoms with E-state index in [0.717, 1.165) is 0 Å². The second-order valence-electron chi connectivity index (χ2n) is 4.01. The molecule has 0 aliphatic rings. The van der Waals surface area contributed by atoms with Gasteiger partial charge in [-0.15, -0.1) is 0 Å². The van der Waals surface area contributed by atoms with Crippen molar-refractivity contribution in [2.24, 2.45) is 0 Å². The molecule has 0 saturated carbocycles. The van der Waals surface area contributed by atoms with Crippen molar-refractivity contribution < 1.29 is 14.3 Å². The Kier molecular flexibility index (Phi) is 5.03. The fraction of sp³-hybridized carbons (Fsp3) is 0.143. The molecule has 0 saturated heterocycles. The molecule has 1 N–H and O–H groups in total. The number of methoxy groups -OCH3 is 2. The number of carbonyl (C=O) groups is 1. The number of amides is 1. The summed E-state index contributed by atoms with van der Waals surface area (Å²) >= 11 is 9.20. The Morgan fingerprint density at radius 1 is 1.29 bits per heavy atom. The minimum atomic E-state index is -0.389. The minimum absolute atomic E-state index is 0.123. The summed E-state index contributed by atoms with van der Waals surface area (Å²) in [6.07, 6.45) is 1.52. The molecule has 0 bridgehead atoms. The van der Waals surface area contributed by atoms with Crippen molar-refractivity contribution in [3.63, 3.8) is 0 Å². The predicted octanol–water partition coefficient (Wildman–Crippen LogP) is 3.77. The quantitative estimate of drug-likeness (QED) is 0.831. The summed E-state index contributed by atoms with van der Waals surface area (Å²) in [6.45, 7) is 0. The Bertz CT molecular complexity index is 679. The van der Waals surface area contributed by atoms with E-state index in [-0.39, 0.29) is 16.6 Å². The van der Waals surface area contributed by atoms with Gasteiger partial charge in [-0.1, -0.05) is 11.6 Å². The number of hydrogen-bond donors (Lipinski definition) is 1. The monoisotopic (exact) mass is 370 g/mol. The SMILES string of the molecule is COc1ccc(OC)c(NC(=O)c2cc(Br)cnc2Cl)c1. The Morgan fingerprint density at radius 3 is 2.71 bits per heavy atom. The molecular formula is C14H12BrClN2O3. The zero-order chi connectivity index (χ0) is 15.4. The average Bonchev–Trinajstić information content (AvgIpc) is 2.49. The molecule has 2 rings (SSSR count). The summed E-state index contributed by atoms with van der Waals surface area (Å²) in [5.41, 5.74) is 0.744. The zero-order valence-electron chi connectivity index (χ0n) is 11.3. The lowest BCUT2D eigenvalue weighted by Crippen LogP contribution is -2.14. The van der Waals surface area contributed by atoms with E-state index < -0.39 is 0 Å². The van der Waals surface area contributed by atoms with Crippen LogP contribution >= 0.6 is 27.5 Å². The second-order valence-corrected chi connectivity index (χ2v) is 5.29. The highest BCUT2D eigenvalue weighted by atomic mass is 79.9. The number of aromatic nitrogens is 1. The van der Waals surface area contributed by atoms with E-state index in [9.17, 15) is 4.79 Å². The molecule has 0 fully saturated rings. The molecule has 2 aromatic rings. The van der Waals surface area contributed by atoms with Gasteiger partial charge in [0.2, 0.25) is 0 Å². The lowest BCUT2D eigenvalue weighted by molar-refractivity contribution is 0.102. The maximum atomic E-state index is 12.3. The second kappa shape index (κ2) is 6.78. The Balaban J connectivity index is 2.32. The number of benzene rings is 1. The van der Waals surface area contributed by atoms with Gasteiger partial charge in [-0.25, -0.2) is 4.98 Å². The van der Waals surface area contributed by atoms with Gasteiger partial charge in [0.15, 0.2) is 0 Å². The van der Waals surface area contributed by atoms with Gasteiger partial charge in [-0.3, -0.25) is 4.79 Å². The van der Waals surface area contributed by atoms with E-state index in [0.29, 0.717) is 21.7 Å². The van der Waals surface area contributed by atoms with E-state index >= 15 is 0 Å². The smallest absolute Gasteiger partial charge is 0.258 e. The van der Waals surface area contributed by atoms with Crippen molar-refractivity contribution in [3.05, 3.63) is 45.7 Å². The number of nitrogens with zero attached hydrogens (tertiary/aromatic N) is 1. The number of pyridine rings is 1. The van der Waals surface area contributed by atoms with Gasteiger partial charge in [0.05, 0.1) is 25.5 Å². The first-order chi connectivity index (χ1) is 10.0. The van der Waals surface area contributed by atoms with Crippen LogP contribution < -0.4 is 14.8 Å². The van der Waals surface area contributed by atoms with Crippen LogP contribution in [0.2, 0.25) is 5.15 Å². The first kappa shape index (κ1) is 15.6. The molecule has 5 nitrogen and oxygen atoms in total. The third-order valence-electron chi connectivity index (χ3n) is 2.71. The van der Waals surface area contributed by atoms with Crippen molar-refractivity contribution in [3.8, 4) is 11.5 Å². The number of anilines is 1. The van der Waals surface area contributed by atoms with Gasteiger partial charge in [-0.05, 0) is 34.1 Å². The van der Waals surface area contributed by atoms with Gasteiger partial charge in [0.1, 0.15) is 16.7 Å². The van der Waals surface area contributed by atoms with E-state index in [2.05, 4.69) is 26.2 Å². The van der Waals surface area contributed by atoms with Crippen LogP contribution in [0.5, 0.6) is 11.5 Å². The molecular weight excluding hydrogens is 360 g/mol. The molecule has 0 radical (unpaired) electrons. The average molecular weight is 372 g/mol. The van der Waals surface area contributed by atoms with Gasteiger partial charge in [0, 0.05) is 16.7 Å². The van der Waals surface area contributed by atoms with Crippen molar-refractivity contribution in [2.75, 3.05) is 19.5 Å². The summed E-state index contributed by atoms with van der Waals surface area (Å²) in [6, 6.07) is 6.70. The molecule has 0 atom stereocenters. The number of rotatable bonds is 4. The number of nitrogens with one attached hydrogen (secondary N) is 1. The number of hydrogen-bond acceptors (Lipinski definition) is 4. The maximum Gasteiger partial charge on any atom is 0.258 e. The molecule has 7 heteroatoms. The van der Waals surface area contributed by atoms with Gasteiger partial charge in [0.25, 0.3) is 5.91 Å². The van der Waals surface area contributed by atoms with Crippen LogP contribution in [0, 0.1) is 0 Å². The third-order valence-corrected chi connectivity index (χ3v) is 3.44. The number of halogens is 2. The highest BCUT2D eigenvalue weighted by Gasteiger charge is 2.15. The van der Waals surface area contributed by atoms with Crippen LogP contribution in [0.15, 0.2) is 34.9 Å². The molecule has 1 heterocycles. The van der Waals surface area contributed by atoms with Crippen LogP contribution in [0.3, 0.4) is 0 Å². The van der Waals surface area contributed by atoms with Gasteiger partial charge in [-0.2, -0.15) is 0 Å². The van der Waals surface area contributed by atoms with E-state index in [1.807, 2.05) is 0 Å². The zero-order valence-corrected chi connectivity index (χ0v) is 13.7. The van der Waals surface area contributed by atoms with Crippen LogP contribution in [-0.2, 0) is 0 Å². The van der Waals surface area contributed by atoms with Crippen molar-refractivity contribution >= 4 is 39.1 Å². The summed E-state index contributed by atoms with van der Waals surface area (Å²) < 4.78 is 11.0. The first-order valence-corrected chi connectivity index (χ1v) is 7.06. The molecule has 1 aromatic heterocycles. The topological polar surface area (TPSA) is 60.5 Å². The lowest BCUT2D eigenvalue weighted by atomic mass is 10.2. The molecule has 0 unspecified atom stereocenters. The van der Waals surface area contributed by atoms with Gasteiger partial charge < -0.3 is 14.8 Å². The maximum absolute atomic E-state index is 12.3. The van der Waals surface area contributed by atoms with Crippen molar-refractivity contribution in [2.45, 2.75) is 0 Å². The standard InChI is InChI=1S/C14H12BrClN2O3/c1-20-9-3-4-12(21-2)11(6-9)18-14(19)10-5-8(15)7-17-13(10)16/h3-7H,1-2H3,(H,18,19). The lowest BCUT2D eigenvalue weighted by Gasteiger charge is -2.12. The number of ether oxygens (including phenoxy) is 2. The molecule has 0 aliphatic carbocycles. The summed E-state index contributed by atoms with van der Waals surface area (Å²) in [5.74, 6) is 0.730. The normalized spacial score (nSPS) is 10.1. The van der Waals surface area contributed by atoms with E-state index in [1.165, 1.54) is 13.3 Å². The Morgan fingerprint density at radius 2 is 2.05 bits per heavy atom. The van der Waals surface area contributed by atoms with Crippen LogP contribution in [-0.4, -0.2) is 25.1 Å². The fourth-order valence-corrected chi connectivity index (χ4v) is 2.20. The third kappa shape index (κ3) is 3.65. The molecule has 21 heavy (non-hydrogen) atoms. The highest BCUT2D eigenvalue weighted by Crippen LogP contribution is 2.30. The van der Waals surface area contributed by atoms with Gasteiger partial charge >= 0.3 is 0 Å². The molecule has 110 valence electrons. The van der Waals surface area contributed by atoms with Crippen molar-refractivity contribution in [1.29, 1.82) is 0 Å². The summed E-state index contributed by atoms with van der Waals surface area (Å²) in [7, 11) is 3.06. The Hall–Kier alpha value is -1.79. The highest BCUT2D eigenvalue weighted by molar-refractivity contribution is 9.10. The van der Waals surface area contributed by atoms with Crippen LogP contribution in [0.1, 0.15) is 10.4 Å². The van der Waals surface area contributed by atoms with E-state index in [1.54, 1.807) is 31.4 Å². The molecule has 1 aromatic carbocycles. The molecule has 0 aliphatic heterocycles. The van der Waals surface area contributed by atoms with E-state index in [4.69, 9.17) is 21.1 Å². The fourth-order valence-electron chi connectivity index (χ4n) is 1.68. The number of carbonyl (C=O) groups excluding carboxylic acids is 1. The summed E-state index contributed by atoms with van der Waals surface area (Å²) in [4.78, 5) is 16.2. The van der Waals surface area contributed by atoms with Crippen LogP contribution in [0.4, 0.5) is 5.69 Å². The van der Waals surface area contributed by atoms with Crippen molar-refractivity contribution in [1.82, 2.24) is 4.98 Å². The molecule has 0 spiro atoms. The Labute approximate surface area is 135 Å². The largest absolute Gasteiger partial charge is 0.497 e. The predicted molar refractivity (Wildman–Crippen MR) is 84.4 cm³/mol. The first-order valence-electron chi connectivity index (χ1n) is 5.89. The minimum Gasteiger partial charge on any atom is -0.497 e. The molecule has 1 amide bonds. The summed E-state index contributed by atoms with van der Waals surface area (Å²) in [5, 5.41) is 2.85.